The van der Waals surface area contributed by atoms with Crippen molar-refractivity contribution in [2.75, 3.05) is 29.9 Å². The molecule has 4 nitrogen and oxygen atoms in total. The van der Waals surface area contributed by atoms with Crippen molar-refractivity contribution in [1.29, 1.82) is 0 Å². The predicted molar refractivity (Wildman–Crippen MR) is 99.4 cm³/mol. The summed E-state index contributed by atoms with van der Waals surface area (Å²) in [5, 5.41) is 5.29. The first-order chi connectivity index (χ1) is 11.8. The molecule has 1 aromatic rings. The topological polar surface area (TPSA) is 49.0 Å². The summed E-state index contributed by atoms with van der Waals surface area (Å²) in [4.78, 5) is 14.6. The Kier molecular flexibility index (Phi) is 6.53. The molecular weight excluding hydrogens is 298 g/mol. The molecule has 1 aromatic carbocycles. The summed E-state index contributed by atoms with van der Waals surface area (Å²) in [6.45, 7) is 2.85. The molecule has 0 spiro atoms. The molecule has 1 saturated carbocycles. The molecule has 1 aliphatic heterocycles. The second-order valence-electron chi connectivity index (χ2n) is 7.33. The van der Waals surface area contributed by atoms with Gasteiger partial charge in [0.05, 0.1) is 6.04 Å². The number of carbonyl (C=O) groups excluding carboxylic acids is 1. The number of nitrogens with one attached hydrogen (secondary N) is 1. The van der Waals surface area contributed by atoms with Crippen LogP contribution in [0.25, 0.3) is 0 Å². The summed E-state index contributed by atoms with van der Waals surface area (Å²) in [6.07, 6.45) is 11.8. The van der Waals surface area contributed by atoms with Gasteiger partial charge in [0.25, 0.3) is 5.91 Å². The van der Waals surface area contributed by atoms with Crippen LogP contribution in [-0.2, 0) is 4.79 Å². The first-order valence-corrected chi connectivity index (χ1v) is 9.79. The fourth-order valence-corrected chi connectivity index (χ4v) is 3.94. The zero-order chi connectivity index (χ0) is 16.6. The van der Waals surface area contributed by atoms with Gasteiger partial charge in [0, 0.05) is 24.5 Å². The minimum absolute atomic E-state index is 0.117. The summed E-state index contributed by atoms with van der Waals surface area (Å²) in [7, 11) is 0. The summed E-state index contributed by atoms with van der Waals surface area (Å²) < 4.78 is 0. The minimum atomic E-state index is 0.117. The summed E-state index contributed by atoms with van der Waals surface area (Å²) in [5.41, 5.74) is 2.18. The number of nitrogens with zero attached hydrogens (tertiary/aromatic N) is 1. The molecule has 0 unspecified atom stereocenters. The fraction of sp³-hybridized carbons (Fsp3) is 0.650. The van der Waals surface area contributed by atoms with Gasteiger partial charge in [-0.25, -0.2) is 0 Å². The van der Waals surface area contributed by atoms with E-state index >= 15 is 0 Å². The molecule has 0 atom stereocenters. The van der Waals surface area contributed by atoms with Crippen LogP contribution in [0.3, 0.4) is 0 Å². The Morgan fingerprint density at radius 2 is 1.58 bits per heavy atom. The van der Waals surface area contributed by atoms with Crippen LogP contribution < -0.4 is 15.5 Å². The van der Waals surface area contributed by atoms with Crippen LogP contribution in [0.1, 0.15) is 57.8 Å². The Morgan fingerprint density at radius 1 is 0.958 bits per heavy atom. The molecule has 1 heterocycles. The number of nitrogens with two attached hydrogens (primary N) is 1. The van der Waals surface area contributed by atoms with Crippen molar-refractivity contribution in [3.8, 4) is 0 Å². The molecule has 0 bridgehead atoms. The molecule has 3 rings (SSSR count). The normalized spacial score (nSPS) is 19.8. The van der Waals surface area contributed by atoms with Crippen LogP contribution in [0.2, 0.25) is 0 Å². The van der Waals surface area contributed by atoms with Gasteiger partial charge < -0.3 is 15.5 Å². The average molecular weight is 330 g/mol. The van der Waals surface area contributed by atoms with Crippen molar-refractivity contribution >= 4 is 17.3 Å². The van der Waals surface area contributed by atoms with Crippen molar-refractivity contribution in [3.05, 3.63) is 24.3 Å². The standard InChI is InChI=1S/C20H31N3O/c24-20(16-21-17-8-4-2-1-3-5-9-17)22-18-10-12-19(13-11-18)23-14-6-7-15-23/h10-13,17,21H,1-9,14-16H2,(H,22,24)/p+1. The third kappa shape index (κ3) is 5.23. The third-order valence-electron chi connectivity index (χ3n) is 5.41. The van der Waals surface area contributed by atoms with E-state index in [1.165, 1.54) is 63.5 Å². The first-order valence-electron chi connectivity index (χ1n) is 9.79. The van der Waals surface area contributed by atoms with Crippen molar-refractivity contribution in [2.24, 2.45) is 0 Å². The summed E-state index contributed by atoms with van der Waals surface area (Å²) >= 11 is 0. The highest BCUT2D eigenvalue weighted by Crippen LogP contribution is 2.22. The highest BCUT2D eigenvalue weighted by molar-refractivity contribution is 5.91. The van der Waals surface area contributed by atoms with Crippen molar-refractivity contribution in [3.63, 3.8) is 0 Å². The molecule has 0 radical (unpaired) electrons. The Balaban J connectivity index is 1.42. The van der Waals surface area contributed by atoms with Gasteiger partial charge in [-0.1, -0.05) is 19.3 Å². The van der Waals surface area contributed by atoms with E-state index in [1.54, 1.807) is 0 Å². The van der Waals surface area contributed by atoms with Gasteiger partial charge in [0.15, 0.2) is 6.54 Å². The molecule has 0 aromatic heterocycles. The third-order valence-corrected chi connectivity index (χ3v) is 5.41. The molecule has 132 valence electrons. The lowest BCUT2D eigenvalue weighted by atomic mass is 9.97. The minimum Gasteiger partial charge on any atom is -0.372 e. The van der Waals surface area contributed by atoms with E-state index < -0.39 is 0 Å². The number of hydrogen-bond acceptors (Lipinski definition) is 2. The fourth-order valence-electron chi connectivity index (χ4n) is 3.94. The number of hydrogen-bond donors (Lipinski definition) is 2. The molecule has 2 fully saturated rings. The van der Waals surface area contributed by atoms with E-state index in [1.807, 2.05) is 12.1 Å². The lowest BCUT2D eigenvalue weighted by Gasteiger charge is -2.18. The number of anilines is 2. The maximum atomic E-state index is 12.2. The molecule has 1 amide bonds. The zero-order valence-corrected chi connectivity index (χ0v) is 14.8. The Bertz CT molecular complexity index is 500. The number of carbonyl (C=O) groups is 1. The molecule has 24 heavy (non-hydrogen) atoms. The Hall–Kier alpha value is -1.55. The number of quaternary nitrogens is 1. The second-order valence-corrected chi connectivity index (χ2v) is 7.33. The van der Waals surface area contributed by atoms with Crippen molar-refractivity contribution in [2.45, 2.75) is 63.8 Å². The van der Waals surface area contributed by atoms with E-state index in [0.29, 0.717) is 12.6 Å². The highest BCUT2D eigenvalue weighted by atomic mass is 16.1. The molecule has 4 heteroatoms. The van der Waals surface area contributed by atoms with Gasteiger partial charge in [-0.15, -0.1) is 0 Å². The van der Waals surface area contributed by atoms with Crippen LogP contribution in [-0.4, -0.2) is 31.6 Å². The van der Waals surface area contributed by atoms with E-state index in [9.17, 15) is 4.79 Å². The van der Waals surface area contributed by atoms with Gasteiger partial charge in [-0.05, 0) is 62.8 Å². The quantitative estimate of drug-likeness (QED) is 0.872. The molecule has 1 aliphatic carbocycles. The van der Waals surface area contributed by atoms with Crippen LogP contribution >= 0.6 is 0 Å². The summed E-state index contributed by atoms with van der Waals surface area (Å²) in [6, 6.07) is 8.94. The first kappa shape index (κ1) is 17.3. The maximum absolute atomic E-state index is 12.2. The zero-order valence-electron chi connectivity index (χ0n) is 14.8. The van der Waals surface area contributed by atoms with E-state index in [-0.39, 0.29) is 5.91 Å². The number of benzene rings is 1. The molecular formula is C20H32N3O+. The average Bonchev–Trinajstić information content (AvgIpc) is 3.09. The van der Waals surface area contributed by atoms with E-state index in [2.05, 4.69) is 27.7 Å². The predicted octanol–water partition coefficient (Wildman–Crippen LogP) is 2.90. The largest absolute Gasteiger partial charge is 0.372 e. The number of rotatable bonds is 5. The summed E-state index contributed by atoms with van der Waals surface area (Å²) in [5.74, 6) is 0.117. The maximum Gasteiger partial charge on any atom is 0.279 e. The number of amides is 1. The monoisotopic (exact) mass is 330 g/mol. The smallest absolute Gasteiger partial charge is 0.279 e. The van der Waals surface area contributed by atoms with Gasteiger partial charge in [0.2, 0.25) is 0 Å². The van der Waals surface area contributed by atoms with Gasteiger partial charge in [-0.3, -0.25) is 4.79 Å². The van der Waals surface area contributed by atoms with Gasteiger partial charge in [-0.2, -0.15) is 0 Å². The van der Waals surface area contributed by atoms with Gasteiger partial charge >= 0.3 is 0 Å². The second kappa shape index (κ2) is 9.07. The SMILES string of the molecule is O=C(C[NH2+]C1CCCCCCC1)Nc1ccc(N2CCCC2)cc1. The van der Waals surface area contributed by atoms with Crippen LogP contribution in [0.5, 0.6) is 0 Å². The van der Waals surface area contributed by atoms with Crippen LogP contribution in [0.15, 0.2) is 24.3 Å². The Morgan fingerprint density at radius 3 is 2.25 bits per heavy atom. The van der Waals surface area contributed by atoms with Crippen LogP contribution in [0, 0.1) is 0 Å². The van der Waals surface area contributed by atoms with E-state index in [4.69, 9.17) is 0 Å². The van der Waals surface area contributed by atoms with Crippen molar-refractivity contribution in [1.82, 2.24) is 0 Å². The van der Waals surface area contributed by atoms with Crippen molar-refractivity contribution < 1.29 is 10.1 Å². The Labute approximate surface area is 146 Å². The molecule has 2 aliphatic rings. The molecule has 3 N–H and O–H groups in total. The lowest BCUT2D eigenvalue weighted by molar-refractivity contribution is -0.680. The van der Waals surface area contributed by atoms with E-state index in [0.717, 1.165) is 18.8 Å². The van der Waals surface area contributed by atoms with Crippen LogP contribution in [0.4, 0.5) is 11.4 Å². The van der Waals surface area contributed by atoms with Gasteiger partial charge in [0.1, 0.15) is 0 Å². The molecule has 1 saturated heterocycles. The lowest BCUT2D eigenvalue weighted by Crippen LogP contribution is -2.91. The highest BCUT2D eigenvalue weighted by Gasteiger charge is 2.16.